The number of anilines is 1. The number of aliphatic hydroxyl groups excluding tert-OH is 1. The van der Waals surface area contributed by atoms with Gasteiger partial charge in [0.25, 0.3) is 11.7 Å². The average molecular weight is 501 g/mol. The van der Waals surface area contributed by atoms with Crippen LogP contribution in [0.2, 0.25) is 0 Å². The van der Waals surface area contributed by atoms with E-state index in [-0.39, 0.29) is 33.9 Å². The highest BCUT2D eigenvalue weighted by atomic mass is 16.6. The Hall–Kier alpha value is -5.37. The van der Waals surface area contributed by atoms with Crippen LogP contribution in [0.25, 0.3) is 5.76 Å². The molecule has 1 saturated heterocycles. The number of nitriles is 1. The fraction of sp³-hybridized carbons (Fsp3) is 0.115. The zero-order valence-electron chi connectivity index (χ0n) is 19.5. The monoisotopic (exact) mass is 501 g/mol. The quantitative estimate of drug-likeness (QED) is 0.168. The van der Waals surface area contributed by atoms with Crippen LogP contribution in [0.15, 0.2) is 66.2 Å². The average Bonchev–Trinajstić information content (AvgIpc) is 3.17. The molecule has 0 radical (unpaired) electrons. The van der Waals surface area contributed by atoms with Crippen LogP contribution in [0.4, 0.5) is 11.4 Å². The van der Waals surface area contributed by atoms with Gasteiger partial charge in [-0.1, -0.05) is 12.1 Å². The Morgan fingerprint density at radius 1 is 1.05 bits per heavy atom. The third-order valence-electron chi connectivity index (χ3n) is 5.90. The number of hydrogen-bond acceptors (Lipinski definition) is 9. The van der Waals surface area contributed by atoms with E-state index in [9.17, 15) is 29.9 Å². The minimum absolute atomic E-state index is 0.00334. The van der Waals surface area contributed by atoms with Crippen molar-refractivity contribution in [1.29, 1.82) is 5.26 Å². The zero-order valence-corrected chi connectivity index (χ0v) is 19.5. The largest absolute Gasteiger partial charge is 0.506 e. The normalized spacial score (nSPS) is 16.4. The Morgan fingerprint density at radius 2 is 1.68 bits per heavy atom. The molecule has 11 nitrogen and oxygen atoms in total. The van der Waals surface area contributed by atoms with Crippen molar-refractivity contribution in [3.63, 3.8) is 0 Å². The number of Topliss-reactive ketones (excluding diaryl/α,β-unsaturated/α-hetero) is 1. The molecule has 0 bridgehead atoms. The Bertz CT molecular complexity index is 1480. The molecule has 0 aliphatic carbocycles. The first-order valence-corrected chi connectivity index (χ1v) is 10.7. The molecule has 3 aromatic carbocycles. The smallest absolute Gasteiger partial charge is 0.311 e. The molecule has 1 aliphatic heterocycles. The zero-order chi connectivity index (χ0) is 26.9. The summed E-state index contributed by atoms with van der Waals surface area (Å²) < 4.78 is 10.7. The molecule has 1 aliphatic rings. The van der Waals surface area contributed by atoms with Crippen LogP contribution in [0.1, 0.15) is 22.7 Å². The maximum Gasteiger partial charge on any atom is 0.311 e. The number of phenolic OH excluding ortho intramolecular Hbond substituents is 1. The maximum atomic E-state index is 13.4. The Labute approximate surface area is 210 Å². The van der Waals surface area contributed by atoms with Gasteiger partial charge in [-0.3, -0.25) is 24.6 Å². The van der Waals surface area contributed by atoms with E-state index in [0.29, 0.717) is 5.56 Å². The second-order valence-electron chi connectivity index (χ2n) is 7.87. The first kappa shape index (κ1) is 24.7. The summed E-state index contributed by atoms with van der Waals surface area (Å²) in [6.45, 7) is 0. The summed E-state index contributed by atoms with van der Waals surface area (Å²) in [5.41, 5.74) is -0.453. The first-order chi connectivity index (χ1) is 17.7. The van der Waals surface area contributed by atoms with Crippen molar-refractivity contribution < 1.29 is 34.2 Å². The van der Waals surface area contributed by atoms with E-state index >= 15 is 0 Å². The Morgan fingerprint density at radius 3 is 2.22 bits per heavy atom. The molecule has 1 fully saturated rings. The number of aliphatic hydroxyl groups is 1. The van der Waals surface area contributed by atoms with Gasteiger partial charge in [-0.05, 0) is 48.0 Å². The number of carbonyl (C=O) groups excluding carboxylic acids is 2. The molecule has 0 spiro atoms. The summed E-state index contributed by atoms with van der Waals surface area (Å²) in [5.74, 6) is -3.01. The minimum atomic E-state index is -1.33. The Balaban J connectivity index is 2.04. The summed E-state index contributed by atoms with van der Waals surface area (Å²) in [7, 11) is 2.70. The van der Waals surface area contributed by atoms with Gasteiger partial charge in [0.15, 0.2) is 5.75 Å². The second-order valence-corrected chi connectivity index (χ2v) is 7.87. The van der Waals surface area contributed by atoms with Crippen LogP contribution >= 0.6 is 0 Å². The van der Waals surface area contributed by atoms with Gasteiger partial charge in [0, 0.05) is 11.8 Å². The van der Waals surface area contributed by atoms with E-state index in [1.54, 1.807) is 6.07 Å². The molecule has 4 rings (SSSR count). The summed E-state index contributed by atoms with van der Waals surface area (Å²) in [4.78, 5) is 38.4. The van der Waals surface area contributed by atoms with Gasteiger partial charge >= 0.3 is 5.69 Å². The lowest BCUT2D eigenvalue weighted by molar-refractivity contribution is -0.385. The number of nitrogens with zero attached hydrogens (tertiary/aromatic N) is 3. The van der Waals surface area contributed by atoms with Crippen molar-refractivity contribution in [3.8, 4) is 23.3 Å². The summed E-state index contributed by atoms with van der Waals surface area (Å²) in [6, 6.07) is 14.4. The highest BCUT2D eigenvalue weighted by Gasteiger charge is 2.48. The number of benzene rings is 3. The lowest BCUT2D eigenvalue weighted by Crippen LogP contribution is -2.29. The predicted octanol–water partition coefficient (Wildman–Crippen LogP) is 3.82. The summed E-state index contributed by atoms with van der Waals surface area (Å²) >= 11 is 0. The van der Waals surface area contributed by atoms with E-state index < -0.39 is 39.9 Å². The highest BCUT2D eigenvalue weighted by Crippen LogP contribution is 2.46. The van der Waals surface area contributed by atoms with Crippen molar-refractivity contribution in [2.24, 2.45) is 0 Å². The summed E-state index contributed by atoms with van der Waals surface area (Å²) in [6.07, 6.45) is 0. The molecule has 1 atom stereocenters. The predicted molar refractivity (Wildman–Crippen MR) is 130 cm³/mol. The number of carbonyl (C=O) groups is 2. The topological polar surface area (TPSA) is 163 Å². The number of methoxy groups -OCH3 is 2. The van der Waals surface area contributed by atoms with Crippen molar-refractivity contribution >= 4 is 28.8 Å². The van der Waals surface area contributed by atoms with Crippen LogP contribution in [-0.4, -0.2) is 41.0 Å². The third kappa shape index (κ3) is 4.17. The highest BCUT2D eigenvalue weighted by molar-refractivity contribution is 6.51. The third-order valence-corrected chi connectivity index (χ3v) is 5.90. The van der Waals surface area contributed by atoms with E-state index in [0.717, 1.165) is 17.0 Å². The van der Waals surface area contributed by atoms with Crippen LogP contribution in [0.5, 0.6) is 17.2 Å². The fourth-order valence-electron chi connectivity index (χ4n) is 4.19. The van der Waals surface area contributed by atoms with Gasteiger partial charge in [0.05, 0.1) is 42.4 Å². The molecule has 1 amide bonds. The first-order valence-electron chi connectivity index (χ1n) is 10.7. The number of ketones is 1. The van der Waals surface area contributed by atoms with Crippen molar-refractivity contribution in [2.45, 2.75) is 6.04 Å². The standard InChI is InChI=1S/C26H19N3O8/c1-36-19-4-3-5-20(37-2)21(19)24(31)22-23(15-8-11-18(30)17(12-15)29(34)35)28(26(33)25(22)32)16-9-6-14(13-27)7-10-16/h3-12,23,30-31H,1-2H3/b24-22+. The maximum absolute atomic E-state index is 13.4. The van der Waals surface area contributed by atoms with Crippen LogP contribution < -0.4 is 14.4 Å². The molecule has 37 heavy (non-hydrogen) atoms. The van der Waals surface area contributed by atoms with E-state index in [1.165, 1.54) is 56.7 Å². The Kier molecular flexibility index (Phi) is 6.49. The minimum Gasteiger partial charge on any atom is -0.506 e. The van der Waals surface area contributed by atoms with Gasteiger partial charge in [-0.15, -0.1) is 0 Å². The molecule has 3 aromatic rings. The van der Waals surface area contributed by atoms with E-state index in [4.69, 9.17) is 14.7 Å². The number of rotatable bonds is 6. The molecule has 186 valence electrons. The van der Waals surface area contributed by atoms with Crippen LogP contribution in [0, 0.1) is 21.4 Å². The van der Waals surface area contributed by atoms with Gasteiger partial charge in [-0.2, -0.15) is 5.26 Å². The number of amides is 1. The molecular weight excluding hydrogens is 482 g/mol. The second kappa shape index (κ2) is 9.71. The van der Waals surface area contributed by atoms with Gasteiger partial charge in [-0.25, -0.2) is 0 Å². The molecule has 2 N–H and O–H groups in total. The fourth-order valence-corrected chi connectivity index (χ4v) is 4.19. The number of nitro benzene ring substituents is 1. The number of hydrogen-bond donors (Lipinski definition) is 2. The molecule has 0 saturated carbocycles. The lowest BCUT2D eigenvalue weighted by atomic mass is 9.94. The van der Waals surface area contributed by atoms with Crippen molar-refractivity contribution in [2.75, 3.05) is 19.1 Å². The van der Waals surface area contributed by atoms with Gasteiger partial charge in [0.2, 0.25) is 0 Å². The molecule has 0 aromatic heterocycles. The number of aromatic hydroxyl groups is 1. The number of ether oxygens (including phenoxy) is 2. The SMILES string of the molecule is COc1cccc(OC)c1/C(O)=C1\C(=O)C(=O)N(c2ccc(C#N)cc2)C1c1ccc(O)c([N+](=O)[O-])c1. The van der Waals surface area contributed by atoms with Crippen molar-refractivity contribution in [3.05, 3.63) is 93.0 Å². The van der Waals surface area contributed by atoms with Gasteiger partial charge < -0.3 is 19.7 Å². The van der Waals surface area contributed by atoms with Gasteiger partial charge in [0.1, 0.15) is 22.8 Å². The van der Waals surface area contributed by atoms with E-state index in [1.807, 2.05) is 6.07 Å². The molecule has 1 heterocycles. The molecular formula is C26H19N3O8. The summed E-state index contributed by atoms with van der Waals surface area (Å²) in [5, 5.41) is 42.1. The van der Waals surface area contributed by atoms with E-state index in [2.05, 4.69) is 0 Å². The number of nitro groups is 1. The van der Waals surface area contributed by atoms with Crippen molar-refractivity contribution in [1.82, 2.24) is 0 Å². The molecule has 1 unspecified atom stereocenters. The number of phenols is 1. The lowest BCUT2D eigenvalue weighted by Gasteiger charge is -2.25. The van der Waals surface area contributed by atoms with Crippen LogP contribution in [0.3, 0.4) is 0 Å². The molecule has 11 heteroatoms. The van der Waals surface area contributed by atoms with Crippen LogP contribution in [-0.2, 0) is 9.59 Å².